The summed E-state index contributed by atoms with van der Waals surface area (Å²) < 4.78 is 0. The second kappa shape index (κ2) is 8.02. The second-order valence-electron chi connectivity index (χ2n) is 6.03. The van der Waals surface area contributed by atoms with Crippen molar-refractivity contribution in [3.8, 4) is 0 Å². The van der Waals surface area contributed by atoms with Gasteiger partial charge in [0.1, 0.15) is 0 Å². The zero-order valence-electron chi connectivity index (χ0n) is 13.7. The van der Waals surface area contributed by atoms with Crippen molar-refractivity contribution in [2.45, 2.75) is 52.9 Å². The zero-order chi connectivity index (χ0) is 15.1. The van der Waals surface area contributed by atoms with Crippen molar-refractivity contribution in [1.82, 2.24) is 0 Å². The molecule has 0 N–H and O–H groups in total. The van der Waals surface area contributed by atoms with Crippen LogP contribution in [0.1, 0.15) is 57.1 Å². The number of benzene rings is 1. The summed E-state index contributed by atoms with van der Waals surface area (Å²) in [7, 11) is 0. The Hall–Kier alpha value is -1.56. The van der Waals surface area contributed by atoms with Crippen LogP contribution in [-0.4, -0.2) is 0 Å². The van der Waals surface area contributed by atoms with Crippen molar-refractivity contribution < 1.29 is 0 Å². The van der Waals surface area contributed by atoms with Gasteiger partial charge in [-0.2, -0.15) is 0 Å². The molecule has 0 fully saturated rings. The standard InChI is InChI=1S/C21H28/c1-4-6-7-11-18-13-15-19(16-14-18)20(5-2)21-12-9-8-10-17(21)3/h5,8-10,12-13,15-16,18H,4,6-7,11,14H2,1-3H3. The van der Waals surface area contributed by atoms with E-state index in [0.717, 1.165) is 5.92 Å². The fourth-order valence-corrected chi connectivity index (χ4v) is 3.09. The monoisotopic (exact) mass is 280 g/mol. The molecule has 0 heterocycles. The van der Waals surface area contributed by atoms with E-state index in [2.05, 4.69) is 69.3 Å². The molecular formula is C21H28. The summed E-state index contributed by atoms with van der Waals surface area (Å²) in [5.74, 6) is 0.746. The lowest BCUT2D eigenvalue weighted by molar-refractivity contribution is 0.541. The molecule has 0 heteroatoms. The van der Waals surface area contributed by atoms with E-state index < -0.39 is 0 Å². The number of unbranched alkanes of at least 4 members (excludes halogenated alkanes) is 2. The van der Waals surface area contributed by atoms with Crippen molar-refractivity contribution in [3.63, 3.8) is 0 Å². The van der Waals surface area contributed by atoms with E-state index in [1.165, 1.54) is 54.4 Å². The molecule has 0 bridgehead atoms. The third-order valence-electron chi connectivity index (χ3n) is 4.40. The van der Waals surface area contributed by atoms with Gasteiger partial charge in [-0.05, 0) is 54.9 Å². The van der Waals surface area contributed by atoms with E-state index in [9.17, 15) is 0 Å². The van der Waals surface area contributed by atoms with Crippen LogP contribution in [0.4, 0.5) is 0 Å². The highest BCUT2D eigenvalue weighted by atomic mass is 14.2. The fourth-order valence-electron chi connectivity index (χ4n) is 3.09. The summed E-state index contributed by atoms with van der Waals surface area (Å²) in [4.78, 5) is 0. The Balaban J connectivity index is 2.06. The van der Waals surface area contributed by atoms with Crippen LogP contribution >= 0.6 is 0 Å². The van der Waals surface area contributed by atoms with Gasteiger partial charge < -0.3 is 0 Å². The molecule has 0 radical (unpaired) electrons. The van der Waals surface area contributed by atoms with Gasteiger partial charge in [0.25, 0.3) is 0 Å². The first-order valence-corrected chi connectivity index (χ1v) is 8.37. The van der Waals surface area contributed by atoms with Crippen molar-refractivity contribution in [3.05, 3.63) is 65.3 Å². The molecule has 112 valence electrons. The molecule has 1 unspecified atom stereocenters. The lowest BCUT2D eigenvalue weighted by atomic mass is 9.86. The number of allylic oxidation sites excluding steroid dienone is 6. The van der Waals surface area contributed by atoms with Crippen LogP contribution in [0.15, 0.2) is 54.1 Å². The average molecular weight is 280 g/mol. The lowest BCUT2D eigenvalue weighted by Crippen LogP contribution is -2.02. The minimum atomic E-state index is 0.746. The summed E-state index contributed by atoms with van der Waals surface area (Å²) in [6.45, 7) is 6.61. The number of rotatable bonds is 6. The van der Waals surface area contributed by atoms with Crippen LogP contribution in [0, 0.1) is 12.8 Å². The van der Waals surface area contributed by atoms with Crippen molar-refractivity contribution >= 4 is 5.57 Å². The Morgan fingerprint density at radius 3 is 2.67 bits per heavy atom. The molecule has 1 aromatic carbocycles. The third kappa shape index (κ3) is 4.20. The van der Waals surface area contributed by atoms with Crippen molar-refractivity contribution in [1.29, 1.82) is 0 Å². The lowest BCUT2D eigenvalue weighted by Gasteiger charge is -2.19. The Morgan fingerprint density at radius 2 is 2.05 bits per heavy atom. The van der Waals surface area contributed by atoms with E-state index in [1.54, 1.807) is 0 Å². The summed E-state index contributed by atoms with van der Waals surface area (Å²) in [5, 5.41) is 0. The third-order valence-corrected chi connectivity index (χ3v) is 4.40. The summed E-state index contributed by atoms with van der Waals surface area (Å²) in [6, 6.07) is 8.67. The molecular weight excluding hydrogens is 252 g/mol. The molecule has 21 heavy (non-hydrogen) atoms. The normalized spacial score (nSPS) is 18.7. The van der Waals surface area contributed by atoms with E-state index in [1.807, 2.05) is 0 Å². The topological polar surface area (TPSA) is 0 Å². The molecule has 0 saturated carbocycles. The first-order chi connectivity index (χ1) is 10.3. The van der Waals surface area contributed by atoms with Gasteiger partial charge in [0.05, 0.1) is 0 Å². The maximum Gasteiger partial charge on any atom is -0.0152 e. The van der Waals surface area contributed by atoms with Crippen LogP contribution in [0.2, 0.25) is 0 Å². The number of hydrogen-bond acceptors (Lipinski definition) is 0. The molecule has 0 nitrogen and oxygen atoms in total. The predicted octanol–water partition coefficient (Wildman–Crippen LogP) is 6.48. The molecule has 1 aliphatic carbocycles. The Kier molecular flexibility index (Phi) is 6.04. The van der Waals surface area contributed by atoms with E-state index in [4.69, 9.17) is 0 Å². The van der Waals surface area contributed by atoms with Crippen molar-refractivity contribution in [2.75, 3.05) is 0 Å². The molecule has 0 amide bonds. The Labute approximate surface area is 130 Å². The number of aryl methyl sites for hydroxylation is 1. The van der Waals surface area contributed by atoms with Gasteiger partial charge in [0.2, 0.25) is 0 Å². The minimum absolute atomic E-state index is 0.746. The first kappa shape index (κ1) is 15.8. The van der Waals surface area contributed by atoms with E-state index in [-0.39, 0.29) is 0 Å². The average Bonchev–Trinajstić information content (AvgIpc) is 2.51. The van der Waals surface area contributed by atoms with Crippen LogP contribution in [0.25, 0.3) is 5.57 Å². The van der Waals surface area contributed by atoms with Crippen molar-refractivity contribution in [2.24, 2.45) is 5.92 Å². The first-order valence-electron chi connectivity index (χ1n) is 8.37. The van der Waals surface area contributed by atoms with Gasteiger partial charge >= 0.3 is 0 Å². The van der Waals surface area contributed by atoms with Crippen LogP contribution < -0.4 is 0 Å². The highest BCUT2D eigenvalue weighted by Gasteiger charge is 2.13. The highest BCUT2D eigenvalue weighted by molar-refractivity contribution is 5.83. The van der Waals surface area contributed by atoms with Gasteiger partial charge in [-0.3, -0.25) is 0 Å². The molecule has 2 rings (SSSR count). The fraction of sp³-hybridized carbons (Fsp3) is 0.429. The van der Waals surface area contributed by atoms with Gasteiger partial charge in [0.15, 0.2) is 0 Å². The van der Waals surface area contributed by atoms with E-state index in [0.29, 0.717) is 0 Å². The molecule has 0 aromatic heterocycles. The van der Waals surface area contributed by atoms with E-state index >= 15 is 0 Å². The van der Waals surface area contributed by atoms with Gasteiger partial charge in [-0.25, -0.2) is 0 Å². The maximum absolute atomic E-state index is 2.43. The molecule has 1 atom stereocenters. The van der Waals surface area contributed by atoms with Crippen LogP contribution in [-0.2, 0) is 0 Å². The molecule has 1 aromatic rings. The van der Waals surface area contributed by atoms with Crippen LogP contribution in [0.5, 0.6) is 0 Å². The zero-order valence-corrected chi connectivity index (χ0v) is 13.7. The van der Waals surface area contributed by atoms with Gasteiger partial charge in [0, 0.05) is 0 Å². The SMILES string of the molecule is CC=C(C1=CCC(CCCCC)C=C1)c1ccccc1C. The highest BCUT2D eigenvalue weighted by Crippen LogP contribution is 2.31. The Morgan fingerprint density at radius 1 is 1.24 bits per heavy atom. The maximum atomic E-state index is 2.43. The molecule has 0 spiro atoms. The summed E-state index contributed by atoms with van der Waals surface area (Å²) in [6.07, 6.45) is 16.0. The van der Waals surface area contributed by atoms with Gasteiger partial charge in [-0.1, -0.05) is 74.8 Å². The minimum Gasteiger partial charge on any atom is -0.0805 e. The Bertz CT molecular complexity index is 543. The molecule has 0 aliphatic heterocycles. The molecule has 1 aliphatic rings. The van der Waals surface area contributed by atoms with Crippen LogP contribution in [0.3, 0.4) is 0 Å². The largest absolute Gasteiger partial charge is 0.0805 e. The molecule has 0 saturated heterocycles. The summed E-state index contributed by atoms with van der Waals surface area (Å²) >= 11 is 0. The number of hydrogen-bond donors (Lipinski definition) is 0. The predicted molar refractivity (Wildman–Crippen MR) is 94.3 cm³/mol. The smallest absolute Gasteiger partial charge is 0.0152 e. The quantitative estimate of drug-likeness (QED) is 0.523. The van der Waals surface area contributed by atoms with Gasteiger partial charge in [-0.15, -0.1) is 0 Å². The second-order valence-corrected chi connectivity index (χ2v) is 6.03. The summed E-state index contributed by atoms with van der Waals surface area (Å²) in [5.41, 5.74) is 5.47.